The van der Waals surface area contributed by atoms with Crippen LogP contribution >= 0.6 is 0 Å². The third-order valence-electron chi connectivity index (χ3n) is 14.3. The van der Waals surface area contributed by atoms with Crippen LogP contribution in [0.2, 0.25) is 16.6 Å². The number of carbonyl (C=O) groups excluding carboxylic acids is 2. The zero-order valence-electron chi connectivity index (χ0n) is 42.5. The van der Waals surface area contributed by atoms with Gasteiger partial charge in [-0.25, -0.2) is 27.7 Å². The van der Waals surface area contributed by atoms with Gasteiger partial charge in [-0.3, -0.25) is 15.1 Å². The van der Waals surface area contributed by atoms with E-state index in [4.69, 9.17) is 33.9 Å². The molecular weight excluding hydrogens is 904 g/mol. The van der Waals surface area contributed by atoms with E-state index in [0.717, 1.165) is 0 Å². The Bertz CT molecular complexity index is 2710. The summed E-state index contributed by atoms with van der Waals surface area (Å²) in [6.45, 7) is 25.9. The first-order valence-corrected chi connectivity index (χ1v) is 26.6. The van der Waals surface area contributed by atoms with Crippen molar-refractivity contribution in [3.63, 3.8) is 0 Å². The van der Waals surface area contributed by atoms with Gasteiger partial charge in [-0.05, 0) is 109 Å². The number of alkyl halides is 2. The molecule has 0 radical (unpaired) electrons. The van der Waals surface area contributed by atoms with Gasteiger partial charge in [0.2, 0.25) is 5.88 Å². The van der Waals surface area contributed by atoms with E-state index in [9.17, 15) is 18.4 Å². The molecule has 2 bridgehead atoms. The van der Waals surface area contributed by atoms with Crippen molar-refractivity contribution >= 4 is 53.4 Å². The van der Waals surface area contributed by atoms with Crippen molar-refractivity contribution in [3.8, 4) is 34.6 Å². The molecule has 3 saturated heterocycles. The minimum absolute atomic E-state index is 0.0628. The van der Waals surface area contributed by atoms with Crippen LogP contribution < -0.4 is 19.7 Å². The Hall–Kier alpha value is -5.34. The van der Waals surface area contributed by atoms with Crippen molar-refractivity contribution in [2.24, 2.45) is 0 Å². The number of aromatic nitrogens is 3. The second-order valence-corrected chi connectivity index (χ2v) is 28.0. The van der Waals surface area contributed by atoms with Crippen LogP contribution in [0.3, 0.4) is 0 Å². The number of nitrogens with one attached hydrogen (secondary N) is 1. The van der Waals surface area contributed by atoms with Gasteiger partial charge in [0.1, 0.15) is 54.4 Å². The van der Waals surface area contributed by atoms with Crippen molar-refractivity contribution in [1.29, 1.82) is 0 Å². The molecule has 4 aliphatic rings. The number of fused-ring (bicyclic) bond motifs is 6. The second-order valence-electron chi connectivity index (χ2n) is 22.4. The zero-order chi connectivity index (χ0) is 50.3. The molecule has 4 aromatic rings. The molecule has 0 aliphatic carbocycles. The smallest absolute Gasteiger partial charge is 0.412 e. The number of benzene rings is 2. The summed E-state index contributed by atoms with van der Waals surface area (Å²) in [5, 5.41) is 4.34. The minimum atomic E-state index is -2.90. The van der Waals surface area contributed by atoms with Crippen molar-refractivity contribution in [1.82, 2.24) is 24.8 Å². The molecule has 3 fully saturated rings. The Morgan fingerprint density at radius 1 is 0.957 bits per heavy atom. The number of hydrogen-bond donors (Lipinski definition) is 1. The number of amides is 2. The number of nitrogens with zero attached hydrogens (tertiary/aromatic N) is 6. The standard InChI is InChI=1S/C52H68F3N7O6Si/c1-28(2)69(29(3)4,30(5)6)21-20-32-16-15-17-33-22-34(56-48(63)67-50(8,9)10)23-37(39(32)33)42-41(53)43-40-45(59-47(58-43)65-26-36-24-52(54,55)27-60(36)14)61-25-35-18-19-38(44(61)31(7)66-46(40)57-42)62(35)49(64)68-51(11,12)13/h15-17,22-23,28-31,35-36,38,44H,18-19,24-27H2,1-14H3,(H,56,63)/t31-,35+,36-,38-,44+/m0/s1. The van der Waals surface area contributed by atoms with Crippen LogP contribution in [0.1, 0.15) is 115 Å². The van der Waals surface area contributed by atoms with Gasteiger partial charge in [0.15, 0.2) is 5.82 Å². The highest BCUT2D eigenvalue weighted by atomic mass is 28.3. The molecule has 5 atom stereocenters. The Morgan fingerprint density at radius 3 is 2.26 bits per heavy atom. The molecule has 8 rings (SSSR count). The molecule has 13 nitrogen and oxygen atoms in total. The van der Waals surface area contributed by atoms with E-state index in [1.54, 1.807) is 44.9 Å². The zero-order valence-corrected chi connectivity index (χ0v) is 43.5. The Labute approximate surface area is 405 Å². The highest BCUT2D eigenvalue weighted by Crippen LogP contribution is 2.48. The van der Waals surface area contributed by atoms with Gasteiger partial charge in [-0.15, -0.1) is 5.54 Å². The average molecular weight is 972 g/mol. The lowest BCUT2D eigenvalue weighted by Gasteiger charge is -2.48. The van der Waals surface area contributed by atoms with Gasteiger partial charge >= 0.3 is 18.2 Å². The van der Waals surface area contributed by atoms with Crippen molar-refractivity contribution in [2.45, 2.75) is 173 Å². The number of rotatable bonds is 8. The molecule has 6 heterocycles. The fourth-order valence-electron chi connectivity index (χ4n) is 11.5. The Balaban J connectivity index is 1.35. The van der Waals surface area contributed by atoms with Crippen LogP contribution in [0.25, 0.3) is 32.9 Å². The molecule has 2 aromatic heterocycles. The van der Waals surface area contributed by atoms with E-state index in [-0.39, 0.29) is 47.2 Å². The van der Waals surface area contributed by atoms with Gasteiger partial charge in [0.25, 0.3) is 5.92 Å². The van der Waals surface area contributed by atoms with Gasteiger partial charge < -0.3 is 23.8 Å². The highest BCUT2D eigenvalue weighted by Gasteiger charge is 2.54. The molecule has 17 heteroatoms. The summed E-state index contributed by atoms with van der Waals surface area (Å²) in [7, 11) is -0.649. The summed E-state index contributed by atoms with van der Waals surface area (Å²) in [4.78, 5) is 47.3. The topological polar surface area (TPSA) is 131 Å². The molecule has 0 spiro atoms. The molecule has 372 valence electrons. The molecule has 2 aromatic carbocycles. The van der Waals surface area contributed by atoms with Gasteiger partial charge in [-0.2, -0.15) is 9.97 Å². The third-order valence-corrected chi connectivity index (χ3v) is 20.6. The largest absolute Gasteiger partial charge is 0.472 e. The number of likely N-dealkylation sites (tertiary alicyclic amines) is 1. The summed E-state index contributed by atoms with van der Waals surface area (Å²) in [6, 6.07) is 7.21. The lowest BCUT2D eigenvalue weighted by atomic mass is 9.95. The van der Waals surface area contributed by atoms with E-state index in [2.05, 4.69) is 58.3 Å². The first kappa shape index (κ1) is 50.1. The maximum absolute atomic E-state index is 18.3. The monoisotopic (exact) mass is 971 g/mol. The SMILES string of the molecule is CC(C)[Si](C#Cc1cccc2cc(NC(=O)OC(C)(C)C)cc(-c3nc4c5c(nc(OC[C@@H]6CC(F)(F)CN6C)nc5c3F)N3C[C@H]5CC[C@@H]([C@H]3[C@H](C)O4)N5C(=O)OC(C)(C)C)c12)(C(C)C)C(C)C. The number of likely N-dealkylation sites (N-methyl/N-ethyl adjacent to an activating group) is 1. The third kappa shape index (κ3) is 9.64. The maximum Gasteiger partial charge on any atom is 0.412 e. The van der Waals surface area contributed by atoms with Crippen molar-refractivity contribution in [2.75, 3.05) is 37.0 Å². The number of hydrogen-bond acceptors (Lipinski definition) is 11. The molecule has 1 N–H and O–H groups in total. The van der Waals surface area contributed by atoms with Crippen molar-refractivity contribution < 1.29 is 41.7 Å². The highest BCUT2D eigenvalue weighted by molar-refractivity contribution is 6.90. The fourth-order valence-corrected chi connectivity index (χ4v) is 16.7. The molecular formula is C52H68F3N7O6Si. The first-order chi connectivity index (χ1) is 32.2. The van der Waals surface area contributed by atoms with E-state index in [1.165, 1.54) is 4.90 Å². The lowest BCUT2D eigenvalue weighted by Crippen LogP contribution is -2.65. The Morgan fingerprint density at radius 2 is 1.64 bits per heavy atom. The quantitative estimate of drug-likeness (QED) is 0.134. The number of piperazine rings is 1. The molecule has 0 unspecified atom stereocenters. The van der Waals surface area contributed by atoms with Crippen LogP contribution in [-0.2, 0) is 9.47 Å². The normalized spacial score (nSPS) is 22.4. The number of ether oxygens (including phenoxy) is 4. The lowest BCUT2D eigenvalue weighted by molar-refractivity contribution is 0.000867. The summed E-state index contributed by atoms with van der Waals surface area (Å²) in [5.74, 6) is 0.257. The predicted molar refractivity (Wildman–Crippen MR) is 266 cm³/mol. The van der Waals surface area contributed by atoms with Crippen LogP contribution in [0.5, 0.6) is 11.9 Å². The number of anilines is 2. The van der Waals surface area contributed by atoms with E-state index in [0.29, 0.717) is 69.4 Å². The molecule has 4 aliphatic heterocycles. The predicted octanol–water partition coefficient (Wildman–Crippen LogP) is 11.4. The summed E-state index contributed by atoms with van der Waals surface area (Å²) in [5.41, 5.74) is 4.38. The second kappa shape index (κ2) is 18.1. The van der Waals surface area contributed by atoms with Crippen LogP contribution in [0.4, 0.5) is 34.3 Å². The van der Waals surface area contributed by atoms with E-state index < -0.39 is 74.4 Å². The van der Waals surface area contributed by atoms with Crippen LogP contribution in [0, 0.1) is 17.3 Å². The van der Waals surface area contributed by atoms with E-state index in [1.807, 2.05) is 50.8 Å². The van der Waals surface area contributed by atoms with E-state index >= 15 is 4.39 Å². The molecule has 2 amide bonds. The first-order valence-electron chi connectivity index (χ1n) is 24.3. The number of carbonyl (C=O) groups is 2. The average Bonchev–Trinajstić information content (AvgIpc) is 3.64. The molecule has 0 saturated carbocycles. The summed E-state index contributed by atoms with van der Waals surface area (Å²) >= 11 is 0. The van der Waals surface area contributed by atoms with Gasteiger partial charge in [0, 0.05) is 41.2 Å². The van der Waals surface area contributed by atoms with Crippen molar-refractivity contribution in [3.05, 3.63) is 41.7 Å². The maximum atomic E-state index is 18.3. The van der Waals surface area contributed by atoms with Gasteiger partial charge in [0.05, 0.1) is 24.7 Å². The van der Waals surface area contributed by atoms with Crippen LogP contribution in [0.15, 0.2) is 30.3 Å². The molecule has 69 heavy (non-hydrogen) atoms. The summed E-state index contributed by atoms with van der Waals surface area (Å²) in [6.07, 6.45) is -0.809. The summed E-state index contributed by atoms with van der Waals surface area (Å²) < 4.78 is 72.1. The fraction of sp³-hybridized carbons (Fsp3) is 0.596. The Kier molecular flexibility index (Phi) is 13.1. The van der Waals surface area contributed by atoms with Crippen LogP contribution in [-0.4, -0.2) is 119 Å². The number of halogens is 3. The minimum Gasteiger partial charge on any atom is -0.472 e. The van der Waals surface area contributed by atoms with Gasteiger partial charge in [-0.1, -0.05) is 59.6 Å². The number of pyridine rings is 1.